The molecule has 0 aliphatic rings. The third-order valence-corrected chi connectivity index (χ3v) is 3.15. The van der Waals surface area contributed by atoms with Gasteiger partial charge in [-0.05, 0) is 45.0 Å². The van der Waals surface area contributed by atoms with Crippen LogP contribution >= 0.6 is 0 Å². The van der Waals surface area contributed by atoms with Crippen molar-refractivity contribution in [3.63, 3.8) is 0 Å². The van der Waals surface area contributed by atoms with E-state index in [1.165, 1.54) is 0 Å². The van der Waals surface area contributed by atoms with E-state index in [9.17, 15) is 4.79 Å². The molecule has 1 aromatic carbocycles. The zero-order valence-electron chi connectivity index (χ0n) is 12.9. The summed E-state index contributed by atoms with van der Waals surface area (Å²) >= 11 is 0. The number of rotatable bonds is 4. The van der Waals surface area contributed by atoms with Crippen molar-refractivity contribution >= 4 is 0 Å². The number of ether oxygens (including phenoxy) is 1. The molecule has 1 heterocycles. The van der Waals surface area contributed by atoms with Gasteiger partial charge in [-0.15, -0.1) is 0 Å². The maximum atomic E-state index is 12.3. The van der Waals surface area contributed by atoms with Gasteiger partial charge in [0.1, 0.15) is 11.6 Å². The minimum absolute atomic E-state index is 0.0909. The SMILES string of the molecule is COc1ccc(-c2cc(=O)n(CC(C)(C)N)c(C)n2)cc1. The van der Waals surface area contributed by atoms with Crippen molar-refractivity contribution < 1.29 is 4.74 Å². The van der Waals surface area contributed by atoms with Gasteiger partial charge in [-0.1, -0.05) is 0 Å². The quantitative estimate of drug-likeness (QED) is 0.933. The van der Waals surface area contributed by atoms with E-state index >= 15 is 0 Å². The van der Waals surface area contributed by atoms with E-state index in [1.54, 1.807) is 17.7 Å². The summed E-state index contributed by atoms with van der Waals surface area (Å²) in [6.45, 7) is 6.03. The molecule has 2 rings (SSSR count). The average molecular weight is 287 g/mol. The number of nitrogens with zero attached hydrogens (tertiary/aromatic N) is 2. The number of hydrogen-bond donors (Lipinski definition) is 1. The van der Waals surface area contributed by atoms with Crippen LogP contribution in [0.1, 0.15) is 19.7 Å². The molecule has 112 valence electrons. The zero-order chi connectivity index (χ0) is 15.6. The molecule has 5 nitrogen and oxygen atoms in total. The van der Waals surface area contributed by atoms with E-state index in [1.807, 2.05) is 45.0 Å². The number of aryl methyl sites for hydroxylation is 1. The topological polar surface area (TPSA) is 70.1 Å². The Kier molecular flexibility index (Phi) is 4.14. The summed E-state index contributed by atoms with van der Waals surface area (Å²) in [4.78, 5) is 16.8. The standard InChI is InChI=1S/C16H21N3O2/c1-11-18-14(12-5-7-13(21-4)8-6-12)9-15(20)19(11)10-16(2,3)17/h5-9H,10,17H2,1-4H3. The molecular weight excluding hydrogens is 266 g/mol. The summed E-state index contributed by atoms with van der Waals surface area (Å²) in [7, 11) is 1.62. The molecule has 0 aliphatic heterocycles. The van der Waals surface area contributed by atoms with Gasteiger partial charge in [0.25, 0.3) is 5.56 Å². The second-order valence-corrected chi connectivity index (χ2v) is 5.83. The number of nitrogens with two attached hydrogens (primary N) is 1. The van der Waals surface area contributed by atoms with Gasteiger partial charge in [0.05, 0.1) is 12.8 Å². The van der Waals surface area contributed by atoms with E-state index in [2.05, 4.69) is 4.98 Å². The Balaban J connectivity index is 2.41. The van der Waals surface area contributed by atoms with Crippen molar-refractivity contribution in [1.82, 2.24) is 9.55 Å². The predicted octanol–water partition coefficient (Wildman–Crippen LogP) is 1.96. The van der Waals surface area contributed by atoms with Gasteiger partial charge in [0.2, 0.25) is 0 Å². The lowest BCUT2D eigenvalue weighted by Gasteiger charge is -2.21. The minimum atomic E-state index is -0.460. The fraction of sp³-hybridized carbons (Fsp3) is 0.375. The molecule has 0 amide bonds. The summed E-state index contributed by atoms with van der Waals surface area (Å²) < 4.78 is 6.73. The molecule has 0 spiro atoms. The molecule has 0 fully saturated rings. The minimum Gasteiger partial charge on any atom is -0.497 e. The Labute approximate surface area is 124 Å². The molecule has 0 atom stereocenters. The van der Waals surface area contributed by atoms with E-state index in [-0.39, 0.29) is 5.56 Å². The van der Waals surface area contributed by atoms with Crippen LogP contribution < -0.4 is 16.0 Å². The van der Waals surface area contributed by atoms with Crippen LogP contribution in [0.3, 0.4) is 0 Å². The van der Waals surface area contributed by atoms with Crippen LogP contribution in [0.5, 0.6) is 5.75 Å². The first-order chi connectivity index (χ1) is 9.80. The van der Waals surface area contributed by atoms with Crippen LogP contribution in [0, 0.1) is 6.92 Å². The number of hydrogen-bond acceptors (Lipinski definition) is 4. The number of aromatic nitrogens is 2. The van der Waals surface area contributed by atoms with E-state index in [0.717, 1.165) is 11.3 Å². The lowest BCUT2D eigenvalue weighted by Crippen LogP contribution is -2.41. The molecule has 2 N–H and O–H groups in total. The van der Waals surface area contributed by atoms with Crippen molar-refractivity contribution in [1.29, 1.82) is 0 Å². The Hall–Kier alpha value is -2.14. The maximum absolute atomic E-state index is 12.3. The third-order valence-electron chi connectivity index (χ3n) is 3.15. The van der Waals surface area contributed by atoms with Crippen LogP contribution in [0.2, 0.25) is 0 Å². The number of methoxy groups -OCH3 is 1. The van der Waals surface area contributed by atoms with Gasteiger partial charge < -0.3 is 10.5 Å². The van der Waals surface area contributed by atoms with Gasteiger partial charge >= 0.3 is 0 Å². The maximum Gasteiger partial charge on any atom is 0.254 e. The molecule has 5 heteroatoms. The second-order valence-electron chi connectivity index (χ2n) is 5.83. The van der Waals surface area contributed by atoms with Gasteiger partial charge in [0.15, 0.2) is 0 Å². The highest BCUT2D eigenvalue weighted by Gasteiger charge is 2.15. The molecular formula is C16H21N3O2. The fourth-order valence-corrected chi connectivity index (χ4v) is 2.13. The van der Waals surface area contributed by atoms with Gasteiger partial charge in [-0.3, -0.25) is 9.36 Å². The molecule has 1 aromatic heterocycles. The summed E-state index contributed by atoms with van der Waals surface area (Å²) in [5.41, 5.74) is 6.98. The molecule has 2 aromatic rings. The van der Waals surface area contributed by atoms with Crippen LogP contribution in [-0.2, 0) is 6.54 Å². The molecule has 0 saturated carbocycles. The summed E-state index contributed by atoms with van der Waals surface area (Å²) in [5.74, 6) is 1.43. The van der Waals surface area contributed by atoms with E-state index in [0.29, 0.717) is 18.1 Å². The molecule has 0 saturated heterocycles. The molecule has 0 radical (unpaired) electrons. The summed E-state index contributed by atoms with van der Waals surface area (Å²) in [5, 5.41) is 0. The molecule has 0 bridgehead atoms. The second kappa shape index (κ2) is 5.69. The van der Waals surface area contributed by atoms with Crippen molar-refractivity contribution in [3.05, 3.63) is 46.5 Å². The molecule has 0 unspecified atom stereocenters. The normalized spacial score (nSPS) is 11.5. The first-order valence-corrected chi connectivity index (χ1v) is 6.82. The van der Waals surface area contributed by atoms with Gasteiger partial charge in [-0.2, -0.15) is 0 Å². The van der Waals surface area contributed by atoms with Gasteiger partial charge in [0, 0.05) is 23.7 Å². The highest BCUT2D eigenvalue weighted by atomic mass is 16.5. The Morgan fingerprint density at radius 1 is 1.29 bits per heavy atom. The average Bonchev–Trinajstić information content (AvgIpc) is 2.42. The van der Waals surface area contributed by atoms with E-state index in [4.69, 9.17) is 10.5 Å². The Morgan fingerprint density at radius 2 is 1.90 bits per heavy atom. The molecule has 0 aliphatic carbocycles. The first kappa shape index (κ1) is 15.3. The number of benzene rings is 1. The third kappa shape index (κ3) is 3.70. The summed E-state index contributed by atoms with van der Waals surface area (Å²) in [6, 6.07) is 9.01. The fourth-order valence-electron chi connectivity index (χ4n) is 2.13. The lowest BCUT2D eigenvalue weighted by atomic mass is 10.1. The van der Waals surface area contributed by atoms with Crippen LogP contribution in [-0.4, -0.2) is 22.2 Å². The Bertz CT molecular complexity index is 682. The highest BCUT2D eigenvalue weighted by Crippen LogP contribution is 2.20. The largest absolute Gasteiger partial charge is 0.497 e. The zero-order valence-corrected chi connectivity index (χ0v) is 12.9. The Morgan fingerprint density at radius 3 is 2.38 bits per heavy atom. The lowest BCUT2D eigenvalue weighted by molar-refractivity contribution is 0.414. The van der Waals surface area contributed by atoms with Gasteiger partial charge in [-0.25, -0.2) is 4.98 Å². The summed E-state index contributed by atoms with van der Waals surface area (Å²) in [6.07, 6.45) is 0. The smallest absolute Gasteiger partial charge is 0.254 e. The first-order valence-electron chi connectivity index (χ1n) is 6.82. The highest BCUT2D eigenvalue weighted by molar-refractivity contribution is 5.59. The van der Waals surface area contributed by atoms with Crippen molar-refractivity contribution in [3.8, 4) is 17.0 Å². The van der Waals surface area contributed by atoms with E-state index < -0.39 is 5.54 Å². The van der Waals surface area contributed by atoms with Crippen molar-refractivity contribution in [2.75, 3.05) is 7.11 Å². The molecule has 21 heavy (non-hydrogen) atoms. The van der Waals surface area contributed by atoms with Crippen molar-refractivity contribution in [2.45, 2.75) is 32.9 Å². The van der Waals surface area contributed by atoms with Crippen molar-refractivity contribution in [2.24, 2.45) is 5.73 Å². The predicted molar refractivity (Wildman–Crippen MR) is 83.5 cm³/mol. The van der Waals surface area contributed by atoms with Crippen LogP contribution in [0.25, 0.3) is 11.3 Å². The van der Waals surface area contributed by atoms with Crippen LogP contribution in [0.15, 0.2) is 35.1 Å². The monoisotopic (exact) mass is 287 g/mol. The van der Waals surface area contributed by atoms with Crippen LogP contribution in [0.4, 0.5) is 0 Å².